The first-order valence-corrected chi connectivity index (χ1v) is 7.70. The normalized spacial score (nSPS) is 29.4. The maximum Gasteiger partial charge on any atom is 0.227 e. The highest BCUT2D eigenvalue weighted by Gasteiger charge is 2.34. The van der Waals surface area contributed by atoms with Crippen LogP contribution >= 0.6 is 0 Å². The Labute approximate surface area is 111 Å². The lowest BCUT2D eigenvalue weighted by molar-refractivity contribution is -0.131. The minimum absolute atomic E-state index is 0.175. The van der Waals surface area contributed by atoms with E-state index in [-0.39, 0.29) is 11.3 Å². The first kappa shape index (κ1) is 13.9. The number of nitrogens with one attached hydrogen (secondary N) is 2. The number of amides is 1. The van der Waals surface area contributed by atoms with Gasteiger partial charge < -0.3 is 10.6 Å². The number of hydrogen-bond donors (Lipinski definition) is 2. The predicted octanol–water partition coefficient (Wildman–Crippen LogP) is 2.46. The van der Waals surface area contributed by atoms with E-state index >= 15 is 0 Å². The maximum absolute atomic E-state index is 12.2. The fourth-order valence-corrected chi connectivity index (χ4v) is 3.36. The molecule has 0 spiro atoms. The Morgan fingerprint density at radius 3 is 2.78 bits per heavy atom. The van der Waals surface area contributed by atoms with Gasteiger partial charge in [-0.25, -0.2) is 0 Å². The van der Waals surface area contributed by atoms with Crippen LogP contribution in [0.3, 0.4) is 0 Å². The molecule has 3 heteroatoms. The van der Waals surface area contributed by atoms with E-state index in [1.165, 1.54) is 32.1 Å². The Kier molecular flexibility index (Phi) is 5.04. The van der Waals surface area contributed by atoms with Crippen molar-refractivity contribution in [2.75, 3.05) is 19.6 Å². The number of hydrogen-bond acceptors (Lipinski definition) is 2. The Bertz CT molecular complexity index is 266. The molecule has 1 saturated carbocycles. The van der Waals surface area contributed by atoms with Gasteiger partial charge in [0.05, 0.1) is 5.41 Å². The highest BCUT2D eigenvalue weighted by atomic mass is 16.2. The number of carbonyl (C=O) groups is 1. The van der Waals surface area contributed by atoms with Gasteiger partial charge in [-0.1, -0.05) is 25.7 Å². The molecule has 2 N–H and O–H groups in total. The molecule has 0 radical (unpaired) electrons. The van der Waals surface area contributed by atoms with E-state index in [4.69, 9.17) is 0 Å². The SMILES string of the molecule is CC1(C(=O)NCCCC2CCCC2)CCCNC1. The summed E-state index contributed by atoms with van der Waals surface area (Å²) in [5.41, 5.74) is -0.175. The molecule has 2 rings (SSSR count). The van der Waals surface area contributed by atoms with Crippen molar-refractivity contribution in [1.82, 2.24) is 10.6 Å². The van der Waals surface area contributed by atoms with Gasteiger partial charge in [-0.2, -0.15) is 0 Å². The van der Waals surface area contributed by atoms with Crippen molar-refractivity contribution in [2.45, 2.75) is 58.3 Å². The van der Waals surface area contributed by atoms with Gasteiger partial charge in [0, 0.05) is 13.1 Å². The topological polar surface area (TPSA) is 41.1 Å². The number of piperidine rings is 1. The van der Waals surface area contributed by atoms with Crippen LogP contribution in [0.4, 0.5) is 0 Å². The largest absolute Gasteiger partial charge is 0.356 e. The first-order chi connectivity index (χ1) is 8.71. The molecule has 1 heterocycles. The Morgan fingerprint density at radius 1 is 1.33 bits per heavy atom. The van der Waals surface area contributed by atoms with Gasteiger partial charge in [-0.3, -0.25) is 4.79 Å². The Hall–Kier alpha value is -0.570. The zero-order valence-electron chi connectivity index (χ0n) is 11.8. The van der Waals surface area contributed by atoms with E-state index in [9.17, 15) is 4.79 Å². The molecular formula is C15H28N2O. The molecule has 0 aromatic heterocycles. The quantitative estimate of drug-likeness (QED) is 0.738. The molecular weight excluding hydrogens is 224 g/mol. The van der Waals surface area contributed by atoms with Gasteiger partial charge in [0.15, 0.2) is 0 Å². The minimum atomic E-state index is -0.175. The molecule has 0 aromatic rings. The van der Waals surface area contributed by atoms with Crippen molar-refractivity contribution in [3.63, 3.8) is 0 Å². The summed E-state index contributed by atoms with van der Waals surface area (Å²) in [6.07, 6.45) is 10.3. The van der Waals surface area contributed by atoms with Gasteiger partial charge >= 0.3 is 0 Å². The molecule has 2 aliphatic rings. The Morgan fingerprint density at radius 2 is 2.11 bits per heavy atom. The summed E-state index contributed by atoms with van der Waals surface area (Å²) in [5, 5.41) is 6.47. The lowest BCUT2D eigenvalue weighted by Gasteiger charge is -2.32. The van der Waals surface area contributed by atoms with Crippen molar-refractivity contribution in [2.24, 2.45) is 11.3 Å². The van der Waals surface area contributed by atoms with E-state index in [1.807, 2.05) is 0 Å². The summed E-state index contributed by atoms with van der Waals surface area (Å²) >= 11 is 0. The average molecular weight is 252 g/mol. The zero-order valence-corrected chi connectivity index (χ0v) is 11.8. The monoisotopic (exact) mass is 252 g/mol. The lowest BCUT2D eigenvalue weighted by atomic mass is 9.82. The minimum Gasteiger partial charge on any atom is -0.356 e. The molecule has 1 atom stereocenters. The van der Waals surface area contributed by atoms with Crippen LogP contribution in [0.15, 0.2) is 0 Å². The van der Waals surface area contributed by atoms with Crippen LogP contribution in [0.1, 0.15) is 58.3 Å². The van der Waals surface area contributed by atoms with Crippen molar-refractivity contribution in [3.05, 3.63) is 0 Å². The van der Waals surface area contributed by atoms with Gasteiger partial charge in [0.2, 0.25) is 5.91 Å². The van der Waals surface area contributed by atoms with Crippen LogP contribution < -0.4 is 10.6 Å². The molecule has 1 aliphatic carbocycles. The molecule has 1 amide bonds. The molecule has 3 nitrogen and oxygen atoms in total. The van der Waals surface area contributed by atoms with Crippen LogP contribution in [0, 0.1) is 11.3 Å². The molecule has 2 fully saturated rings. The molecule has 0 bridgehead atoms. The maximum atomic E-state index is 12.2. The fraction of sp³-hybridized carbons (Fsp3) is 0.933. The summed E-state index contributed by atoms with van der Waals surface area (Å²) in [5.74, 6) is 1.19. The summed E-state index contributed by atoms with van der Waals surface area (Å²) in [7, 11) is 0. The Balaban J connectivity index is 1.61. The third kappa shape index (κ3) is 3.71. The van der Waals surface area contributed by atoms with E-state index < -0.39 is 0 Å². The van der Waals surface area contributed by atoms with Crippen LogP contribution in [0.2, 0.25) is 0 Å². The molecule has 1 saturated heterocycles. The predicted molar refractivity (Wildman–Crippen MR) is 74.4 cm³/mol. The van der Waals surface area contributed by atoms with Crippen molar-refractivity contribution in [3.8, 4) is 0 Å². The highest BCUT2D eigenvalue weighted by molar-refractivity contribution is 5.82. The van der Waals surface area contributed by atoms with Gasteiger partial charge in [0.1, 0.15) is 0 Å². The van der Waals surface area contributed by atoms with Gasteiger partial charge in [-0.15, -0.1) is 0 Å². The van der Waals surface area contributed by atoms with Crippen LogP contribution in [-0.4, -0.2) is 25.5 Å². The second-order valence-electron chi connectivity index (χ2n) is 6.39. The van der Waals surface area contributed by atoms with Crippen LogP contribution in [0.25, 0.3) is 0 Å². The van der Waals surface area contributed by atoms with E-state index in [0.29, 0.717) is 0 Å². The zero-order chi connectivity index (χ0) is 12.8. The highest BCUT2D eigenvalue weighted by Crippen LogP contribution is 2.28. The number of carbonyl (C=O) groups excluding carboxylic acids is 1. The van der Waals surface area contributed by atoms with Crippen LogP contribution in [-0.2, 0) is 4.79 Å². The third-order valence-electron chi connectivity index (χ3n) is 4.69. The molecule has 104 valence electrons. The average Bonchev–Trinajstić information content (AvgIpc) is 2.88. The van der Waals surface area contributed by atoms with Crippen molar-refractivity contribution >= 4 is 5.91 Å². The van der Waals surface area contributed by atoms with E-state index in [0.717, 1.165) is 44.8 Å². The van der Waals surface area contributed by atoms with Crippen molar-refractivity contribution < 1.29 is 4.79 Å². The molecule has 1 unspecified atom stereocenters. The standard InChI is InChI=1S/C15H28N2O/c1-15(9-5-10-16-12-15)14(18)17-11-4-8-13-6-2-3-7-13/h13,16H,2-12H2,1H3,(H,17,18). The van der Waals surface area contributed by atoms with Gasteiger partial charge in [-0.05, 0) is 45.1 Å². The molecule has 0 aromatic carbocycles. The fourth-order valence-electron chi connectivity index (χ4n) is 3.36. The second-order valence-corrected chi connectivity index (χ2v) is 6.39. The van der Waals surface area contributed by atoms with Crippen molar-refractivity contribution in [1.29, 1.82) is 0 Å². The second kappa shape index (κ2) is 6.55. The first-order valence-electron chi connectivity index (χ1n) is 7.70. The smallest absolute Gasteiger partial charge is 0.227 e. The van der Waals surface area contributed by atoms with E-state index in [1.54, 1.807) is 0 Å². The summed E-state index contributed by atoms with van der Waals surface area (Å²) < 4.78 is 0. The molecule has 1 aliphatic heterocycles. The summed E-state index contributed by atoms with van der Waals surface area (Å²) in [6, 6.07) is 0. The van der Waals surface area contributed by atoms with Crippen LogP contribution in [0.5, 0.6) is 0 Å². The van der Waals surface area contributed by atoms with Gasteiger partial charge in [0.25, 0.3) is 0 Å². The van der Waals surface area contributed by atoms with E-state index in [2.05, 4.69) is 17.6 Å². The molecule has 18 heavy (non-hydrogen) atoms. The summed E-state index contributed by atoms with van der Waals surface area (Å²) in [4.78, 5) is 12.2. The third-order valence-corrected chi connectivity index (χ3v) is 4.69. The number of rotatable bonds is 5. The summed E-state index contributed by atoms with van der Waals surface area (Å²) in [6.45, 7) is 4.85. The lowest BCUT2D eigenvalue weighted by Crippen LogP contribution is -2.48.